The van der Waals surface area contributed by atoms with Crippen LogP contribution in [0.2, 0.25) is 5.02 Å². The van der Waals surface area contributed by atoms with Crippen LogP contribution in [0.25, 0.3) is 0 Å². The SMILES string of the molecule is O=C(Nc1ccc(F)c(Cl)c1)c1ccc(NCC2CCCO2)cn1. The van der Waals surface area contributed by atoms with E-state index in [0.717, 1.165) is 31.7 Å². The first kappa shape index (κ1) is 16.7. The topological polar surface area (TPSA) is 63.2 Å². The van der Waals surface area contributed by atoms with Crippen LogP contribution in [0.1, 0.15) is 23.3 Å². The standard InChI is InChI=1S/C17H17ClFN3O2/c18-14-8-11(3-5-15(14)19)22-17(23)16-6-4-12(9-21-16)20-10-13-2-1-7-24-13/h3-6,8-9,13,20H,1-2,7,10H2,(H,22,23). The summed E-state index contributed by atoms with van der Waals surface area (Å²) in [5, 5.41) is 5.82. The van der Waals surface area contributed by atoms with Crippen LogP contribution in [0.3, 0.4) is 0 Å². The van der Waals surface area contributed by atoms with E-state index in [1.54, 1.807) is 18.3 Å². The van der Waals surface area contributed by atoms with Gasteiger partial charge in [-0.15, -0.1) is 0 Å². The number of hydrogen-bond donors (Lipinski definition) is 2. The lowest BCUT2D eigenvalue weighted by atomic mass is 10.2. The lowest BCUT2D eigenvalue weighted by molar-refractivity contribution is 0.102. The molecule has 2 heterocycles. The predicted molar refractivity (Wildman–Crippen MR) is 91.1 cm³/mol. The van der Waals surface area contributed by atoms with Gasteiger partial charge in [-0.1, -0.05) is 11.6 Å². The average molecular weight is 350 g/mol. The zero-order chi connectivity index (χ0) is 16.9. The maximum absolute atomic E-state index is 13.1. The predicted octanol–water partition coefficient (Wildman–Crippen LogP) is 3.72. The van der Waals surface area contributed by atoms with Crippen molar-refractivity contribution >= 4 is 28.9 Å². The molecule has 2 aromatic rings. The van der Waals surface area contributed by atoms with Gasteiger partial charge in [0.2, 0.25) is 0 Å². The Balaban J connectivity index is 1.57. The molecule has 7 heteroatoms. The summed E-state index contributed by atoms with van der Waals surface area (Å²) in [6, 6.07) is 7.40. The molecule has 0 aliphatic carbocycles. The van der Waals surface area contributed by atoms with E-state index in [0.29, 0.717) is 5.69 Å². The van der Waals surface area contributed by atoms with E-state index in [2.05, 4.69) is 15.6 Å². The van der Waals surface area contributed by atoms with Crippen molar-refractivity contribution < 1.29 is 13.9 Å². The van der Waals surface area contributed by atoms with Gasteiger partial charge in [0.15, 0.2) is 0 Å². The van der Waals surface area contributed by atoms with E-state index in [1.807, 2.05) is 0 Å². The van der Waals surface area contributed by atoms with E-state index in [4.69, 9.17) is 16.3 Å². The molecule has 3 rings (SSSR count). The maximum Gasteiger partial charge on any atom is 0.274 e. The number of carbonyl (C=O) groups is 1. The molecule has 24 heavy (non-hydrogen) atoms. The van der Waals surface area contributed by atoms with E-state index in [-0.39, 0.29) is 22.7 Å². The Hall–Kier alpha value is -2.18. The van der Waals surface area contributed by atoms with Crippen molar-refractivity contribution in [1.29, 1.82) is 0 Å². The minimum Gasteiger partial charge on any atom is -0.381 e. The molecule has 1 saturated heterocycles. The van der Waals surface area contributed by atoms with Crippen LogP contribution in [0.4, 0.5) is 15.8 Å². The van der Waals surface area contributed by atoms with Crippen molar-refractivity contribution in [2.45, 2.75) is 18.9 Å². The van der Waals surface area contributed by atoms with Gasteiger partial charge >= 0.3 is 0 Å². The minimum atomic E-state index is -0.533. The molecule has 126 valence electrons. The zero-order valence-corrected chi connectivity index (χ0v) is 13.6. The molecule has 0 saturated carbocycles. The largest absolute Gasteiger partial charge is 0.381 e. The van der Waals surface area contributed by atoms with Crippen molar-refractivity contribution in [2.75, 3.05) is 23.8 Å². The highest BCUT2D eigenvalue weighted by molar-refractivity contribution is 6.31. The first-order valence-electron chi connectivity index (χ1n) is 7.70. The molecule has 1 fully saturated rings. The number of carbonyl (C=O) groups excluding carboxylic acids is 1. The molecule has 1 aliphatic heterocycles. The van der Waals surface area contributed by atoms with Crippen LogP contribution in [0, 0.1) is 5.82 Å². The number of anilines is 2. The first-order valence-corrected chi connectivity index (χ1v) is 8.07. The molecule has 1 aromatic carbocycles. The lowest BCUT2D eigenvalue weighted by Gasteiger charge is -2.12. The van der Waals surface area contributed by atoms with Crippen molar-refractivity contribution in [3.63, 3.8) is 0 Å². The number of rotatable bonds is 5. The third kappa shape index (κ3) is 4.21. The van der Waals surface area contributed by atoms with E-state index in [9.17, 15) is 9.18 Å². The van der Waals surface area contributed by atoms with Crippen molar-refractivity contribution in [3.05, 3.63) is 53.1 Å². The average Bonchev–Trinajstić information content (AvgIpc) is 3.10. The van der Waals surface area contributed by atoms with Crippen LogP contribution < -0.4 is 10.6 Å². The van der Waals surface area contributed by atoms with E-state index < -0.39 is 5.82 Å². The molecule has 0 radical (unpaired) electrons. The fourth-order valence-electron chi connectivity index (χ4n) is 2.44. The number of benzene rings is 1. The quantitative estimate of drug-likeness (QED) is 0.863. The van der Waals surface area contributed by atoms with Crippen LogP contribution in [0.15, 0.2) is 36.5 Å². The Morgan fingerprint density at radius 2 is 2.17 bits per heavy atom. The molecule has 0 bridgehead atoms. The van der Waals surface area contributed by atoms with Crippen LogP contribution >= 0.6 is 11.6 Å². The second-order valence-electron chi connectivity index (χ2n) is 5.53. The highest BCUT2D eigenvalue weighted by Crippen LogP contribution is 2.20. The number of nitrogens with one attached hydrogen (secondary N) is 2. The summed E-state index contributed by atoms with van der Waals surface area (Å²) in [5.41, 5.74) is 1.50. The third-order valence-electron chi connectivity index (χ3n) is 3.73. The Labute approximate surface area is 144 Å². The van der Waals surface area contributed by atoms with E-state index >= 15 is 0 Å². The Kier molecular flexibility index (Phi) is 5.27. The molecule has 2 N–H and O–H groups in total. The molecule has 1 aliphatic rings. The smallest absolute Gasteiger partial charge is 0.274 e. The number of ether oxygens (including phenoxy) is 1. The summed E-state index contributed by atoms with van der Waals surface area (Å²) >= 11 is 5.69. The maximum atomic E-state index is 13.1. The monoisotopic (exact) mass is 349 g/mol. The van der Waals surface area contributed by atoms with Gasteiger partial charge < -0.3 is 15.4 Å². The molecular formula is C17H17ClFN3O2. The number of hydrogen-bond acceptors (Lipinski definition) is 4. The molecule has 1 unspecified atom stereocenters. The van der Waals surface area contributed by atoms with Gasteiger partial charge in [0.1, 0.15) is 11.5 Å². The van der Waals surface area contributed by atoms with Gasteiger partial charge in [0.25, 0.3) is 5.91 Å². The third-order valence-corrected chi connectivity index (χ3v) is 4.02. The number of halogens is 2. The summed E-state index contributed by atoms with van der Waals surface area (Å²) in [6.45, 7) is 1.54. The summed E-state index contributed by atoms with van der Waals surface area (Å²) in [7, 11) is 0. The van der Waals surface area contributed by atoms with Crippen LogP contribution in [-0.4, -0.2) is 30.1 Å². The van der Waals surface area contributed by atoms with Crippen molar-refractivity contribution in [3.8, 4) is 0 Å². The summed E-state index contributed by atoms with van der Waals surface area (Å²) in [6.07, 6.45) is 3.98. The lowest BCUT2D eigenvalue weighted by Crippen LogP contribution is -2.19. The molecule has 5 nitrogen and oxygen atoms in total. The van der Waals surface area contributed by atoms with E-state index in [1.165, 1.54) is 18.2 Å². The summed E-state index contributed by atoms with van der Waals surface area (Å²) in [5.74, 6) is -0.919. The molecule has 1 aromatic heterocycles. The fraction of sp³-hybridized carbons (Fsp3) is 0.294. The van der Waals surface area contributed by atoms with Crippen molar-refractivity contribution in [2.24, 2.45) is 0 Å². The Bertz CT molecular complexity index is 718. The number of nitrogens with zero attached hydrogens (tertiary/aromatic N) is 1. The second kappa shape index (κ2) is 7.59. The molecule has 1 atom stereocenters. The van der Waals surface area contributed by atoms with Gasteiger partial charge in [-0.2, -0.15) is 0 Å². The first-order chi connectivity index (χ1) is 11.6. The molecule has 1 amide bonds. The Morgan fingerprint density at radius 1 is 1.33 bits per heavy atom. The summed E-state index contributed by atoms with van der Waals surface area (Å²) < 4.78 is 18.7. The van der Waals surface area contributed by atoms with Gasteiger partial charge in [-0.25, -0.2) is 9.37 Å². The second-order valence-corrected chi connectivity index (χ2v) is 5.94. The van der Waals surface area contributed by atoms with Gasteiger partial charge in [-0.05, 0) is 43.2 Å². The normalized spacial score (nSPS) is 16.8. The number of pyridine rings is 1. The van der Waals surface area contributed by atoms with Crippen LogP contribution in [-0.2, 0) is 4.74 Å². The van der Waals surface area contributed by atoms with Gasteiger partial charge in [0, 0.05) is 18.8 Å². The molecule has 0 spiro atoms. The molecular weight excluding hydrogens is 333 g/mol. The number of amides is 1. The Morgan fingerprint density at radius 3 is 2.83 bits per heavy atom. The zero-order valence-electron chi connectivity index (χ0n) is 12.9. The fourth-order valence-corrected chi connectivity index (χ4v) is 2.62. The minimum absolute atomic E-state index is 0.0468. The summed E-state index contributed by atoms with van der Waals surface area (Å²) in [4.78, 5) is 16.3. The highest BCUT2D eigenvalue weighted by Gasteiger charge is 2.15. The number of aromatic nitrogens is 1. The van der Waals surface area contributed by atoms with Crippen molar-refractivity contribution in [1.82, 2.24) is 4.98 Å². The van der Waals surface area contributed by atoms with Gasteiger partial charge in [-0.3, -0.25) is 4.79 Å². The highest BCUT2D eigenvalue weighted by atomic mass is 35.5. The van der Waals surface area contributed by atoms with Crippen LogP contribution in [0.5, 0.6) is 0 Å². The van der Waals surface area contributed by atoms with Gasteiger partial charge in [0.05, 0.1) is 23.0 Å².